The van der Waals surface area contributed by atoms with Crippen molar-refractivity contribution in [3.63, 3.8) is 0 Å². The largest absolute Gasteiger partial charge is 0.497 e. The van der Waals surface area contributed by atoms with Crippen molar-refractivity contribution < 1.29 is 14.6 Å². The number of hydrogen-bond donors (Lipinski definition) is 2. The minimum atomic E-state index is -0.780. The number of guanidine groups is 1. The molecular formula is C24H35IN4O3. The van der Waals surface area contributed by atoms with Crippen LogP contribution < -0.4 is 14.8 Å². The molecule has 2 aromatic rings. The molecule has 0 amide bonds. The minimum Gasteiger partial charge on any atom is -0.497 e. The number of nitrogens with zero attached hydrogens (tertiary/aromatic N) is 3. The Balaban J connectivity index is 0.00000363. The molecule has 0 aliphatic carbocycles. The van der Waals surface area contributed by atoms with Crippen LogP contribution in [0, 0.1) is 0 Å². The Bertz CT molecular complexity index is 842. The van der Waals surface area contributed by atoms with Crippen LogP contribution >= 0.6 is 24.0 Å². The van der Waals surface area contributed by atoms with Gasteiger partial charge in [0.25, 0.3) is 0 Å². The summed E-state index contributed by atoms with van der Waals surface area (Å²) in [5.41, 5.74) is 2.01. The Morgan fingerprint density at radius 3 is 2.41 bits per heavy atom. The molecule has 0 spiro atoms. The molecule has 32 heavy (non-hydrogen) atoms. The van der Waals surface area contributed by atoms with E-state index in [1.807, 2.05) is 6.07 Å². The van der Waals surface area contributed by atoms with Gasteiger partial charge in [0, 0.05) is 44.8 Å². The van der Waals surface area contributed by atoms with E-state index in [9.17, 15) is 5.11 Å². The summed E-state index contributed by atoms with van der Waals surface area (Å²) >= 11 is 0. The maximum Gasteiger partial charge on any atom is 0.194 e. The molecule has 0 radical (unpaired) electrons. The normalized spacial score (nSPS) is 15.6. The summed E-state index contributed by atoms with van der Waals surface area (Å²) in [6, 6.07) is 16.0. The Hall–Kier alpha value is -2.04. The topological polar surface area (TPSA) is 69.6 Å². The highest BCUT2D eigenvalue weighted by Crippen LogP contribution is 2.29. The standard InChI is InChI=1S/C24H34N4O3.HI/c1-4-25-24(26-17-22(29)21-16-20(30-2)10-11-23(21)31-3)28-14-12-27(13-15-28)18-19-8-6-5-7-9-19;/h5-11,16,22,29H,4,12-15,17-18H2,1-3H3,(H,25,26);1H. The van der Waals surface area contributed by atoms with E-state index in [0.717, 1.165) is 45.2 Å². The van der Waals surface area contributed by atoms with Crippen molar-refractivity contribution in [3.05, 3.63) is 59.7 Å². The summed E-state index contributed by atoms with van der Waals surface area (Å²) in [5, 5.41) is 14.1. The van der Waals surface area contributed by atoms with Crippen LogP contribution in [-0.4, -0.2) is 74.4 Å². The lowest BCUT2D eigenvalue weighted by atomic mass is 10.1. The summed E-state index contributed by atoms with van der Waals surface area (Å²) in [7, 11) is 3.21. The van der Waals surface area contributed by atoms with E-state index in [4.69, 9.17) is 14.5 Å². The Morgan fingerprint density at radius 1 is 1.06 bits per heavy atom. The zero-order valence-corrected chi connectivity index (χ0v) is 21.5. The van der Waals surface area contributed by atoms with Crippen LogP contribution in [-0.2, 0) is 6.54 Å². The second-order valence-electron chi connectivity index (χ2n) is 7.57. The molecular weight excluding hydrogens is 519 g/mol. The monoisotopic (exact) mass is 554 g/mol. The predicted molar refractivity (Wildman–Crippen MR) is 139 cm³/mol. The highest BCUT2D eigenvalue weighted by atomic mass is 127. The maximum absolute atomic E-state index is 10.8. The van der Waals surface area contributed by atoms with Gasteiger partial charge in [0.1, 0.15) is 17.6 Å². The molecule has 0 saturated carbocycles. The van der Waals surface area contributed by atoms with Gasteiger partial charge in [-0.05, 0) is 30.7 Å². The number of halogens is 1. The molecule has 1 heterocycles. The van der Waals surface area contributed by atoms with Gasteiger partial charge in [-0.25, -0.2) is 0 Å². The molecule has 176 valence electrons. The van der Waals surface area contributed by atoms with Crippen molar-refractivity contribution in [2.75, 3.05) is 53.5 Å². The molecule has 0 bridgehead atoms. The molecule has 1 aliphatic rings. The molecule has 1 saturated heterocycles. The first-order chi connectivity index (χ1) is 15.1. The third-order valence-electron chi connectivity index (χ3n) is 5.47. The van der Waals surface area contributed by atoms with Crippen molar-refractivity contribution in [1.82, 2.24) is 15.1 Å². The lowest BCUT2D eigenvalue weighted by molar-refractivity contribution is 0.168. The first-order valence-corrected chi connectivity index (χ1v) is 10.8. The van der Waals surface area contributed by atoms with Crippen molar-refractivity contribution in [2.45, 2.75) is 19.6 Å². The van der Waals surface area contributed by atoms with Gasteiger partial charge in [-0.3, -0.25) is 9.89 Å². The summed E-state index contributed by atoms with van der Waals surface area (Å²) in [6.07, 6.45) is -0.780. The second kappa shape index (κ2) is 13.5. The number of aliphatic hydroxyl groups excluding tert-OH is 1. The number of nitrogens with one attached hydrogen (secondary N) is 1. The van der Waals surface area contributed by atoms with Crippen LogP contribution in [0.5, 0.6) is 11.5 Å². The molecule has 0 aromatic heterocycles. The van der Waals surface area contributed by atoms with Gasteiger partial charge >= 0.3 is 0 Å². The van der Waals surface area contributed by atoms with Crippen LogP contribution in [0.1, 0.15) is 24.2 Å². The highest BCUT2D eigenvalue weighted by molar-refractivity contribution is 14.0. The molecule has 1 aliphatic heterocycles. The van der Waals surface area contributed by atoms with Crippen molar-refractivity contribution in [3.8, 4) is 11.5 Å². The number of ether oxygens (including phenoxy) is 2. The van der Waals surface area contributed by atoms with Gasteiger partial charge in [-0.2, -0.15) is 0 Å². The minimum absolute atomic E-state index is 0. The second-order valence-corrected chi connectivity index (χ2v) is 7.57. The van der Waals surface area contributed by atoms with Crippen molar-refractivity contribution >= 4 is 29.9 Å². The van der Waals surface area contributed by atoms with Gasteiger partial charge in [0.15, 0.2) is 5.96 Å². The number of hydrogen-bond acceptors (Lipinski definition) is 5. The van der Waals surface area contributed by atoms with Gasteiger partial charge in [0.2, 0.25) is 0 Å². The van der Waals surface area contributed by atoms with Crippen molar-refractivity contribution in [2.24, 2.45) is 4.99 Å². The summed E-state index contributed by atoms with van der Waals surface area (Å²) in [5.74, 6) is 2.14. The third kappa shape index (κ3) is 7.25. The van der Waals surface area contributed by atoms with Crippen LogP contribution in [0.25, 0.3) is 0 Å². The summed E-state index contributed by atoms with van der Waals surface area (Å²) < 4.78 is 10.7. The SMILES string of the molecule is CCNC(=NCC(O)c1cc(OC)ccc1OC)N1CCN(Cc2ccccc2)CC1.I. The van der Waals surface area contributed by atoms with E-state index < -0.39 is 6.10 Å². The molecule has 3 rings (SSSR count). The number of piperazine rings is 1. The lowest BCUT2D eigenvalue weighted by Gasteiger charge is -2.36. The van der Waals surface area contributed by atoms with E-state index in [1.54, 1.807) is 26.4 Å². The number of rotatable bonds is 8. The van der Waals surface area contributed by atoms with E-state index >= 15 is 0 Å². The fourth-order valence-electron chi connectivity index (χ4n) is 3.76. The zero-order valence-electron chi connectivity index (χ0n) is 19.2. The van der Waals surface area contributed by atoms with E-state index in [2.05, 4.69) is 52.4 Å². The highest BCUT2D eigenvalue weighted by Gasteiger charge is 2.21. The Morgan fingerprint density at radius 2 is 1.78 bits per heavy atom. The predicted octanol–water partition coefficient (Wildman–Crippen LogP) is 3.14. The number of methoxy groups -OCH3 is 2. The van der Waals surface area contributed by atoms with Crippen molar-refractivity contribution in [1.29, 1.82) is 0 Å². The fourth-order valence-corrected chi connectivity index (χ4v) is 3.76. The fraction of sp³-hybridized carbons (Fsp3) is 0.458. The van der Waals surface area contributed by atoms with Crippen LogP contribution in [0.4, 0.5) is 0 Å². The molecule has 1 atom stereocenters. The molecule has 2 aromatic carbocycles. The molecule has 8 heteroatoms. The van der Waals surface area contributed by atoms with Crippen LogP contribution in [0.15, 0.2) is 53.5 Å². The Labute approximate surface area is 208 Å². The first-order valence-electron chi connectivity index (χ1n) is 10.8. The molecule has 1 unspecified atom stereocenters. The summed E-state index contributed by atoms with van der Waals surface area (Å²) in [6.45, 7) is 7.81. The maximum atomic E-state index is 10.8. The van der Waals surface area contributed by atoms with Gasteiger partial charge in [-0.15, -0.1) is 24.0 Å². The van der Waals surface area contributed by atoms with Gasteiger partial charge in [0.05, 0.1) is 20.8 Å². The average Bonchev–Trinajstić information content (AvgIpc) is 2.82. The third-order valence-corrected chi connectivity index (χ3v) is 5.47. The number of benzene rings is 2. The van der Waals surface area contributed by atoms with Crippen LogP contribution in [0.2, 0.25) is 0 Å². The van der Waals surface area contributed by atoms with Gasteiger partial charge < -0.3 is 24.8 Å². The van der Waals surface area contributed by atoms with Gasteiger partial charge in [-0.1, -0.05) is 30.3 Å². The average molecular weight is 554 g/mol. The smallest absolute Gasteiger partial charge is 0.194 e. The quantitative estimate of drug-likeness (QED) is 0.297. The molecule has 1 fully saturated rings. The molecule has 2 N–H and O–H groups in total. The number of aliphatic hydroxyl groups is 1. The summed E-state index contributed by atoms with van der Waals surface area (Å²) in [4.78, 5) is 9.45. The number of aliphatic imine (C=N–C) groups is 1. The van der Waals surface area contributed by atoms with Crippen LogP contribution in [0.3, 0.4) is 0 Å². The lowest BCUT2D eigenvalue weighted by Crippen LogP contribution is -2.52. The Kier molecular flexibility index (Phi) is 11.1. The molecule has 7 nitrogen and oxygen atoms in total. The zero-order chi connectivity index (χ0) is 22.1. The van der Waals surface area contributed by atoms with E-state index in [-0.39, 0.29) is 30.5 Å². The first kappa shape index (κ1) is 26.2. The van der Waals surface area contributed by atoms with E-state index in [1.165, 1.54) is 5.56 Å². The van der Waals surface area contributed by atoms with E-state index in [0.29, 0.717) is 17.1 Å².